The number of ether oxygens (including phenoxy) is 2. The summed E-state index contributed by atoms with van der Waals surface area (Å²) in [6.07, 6.45) is 1.32. The molecule has 0 saturated heterocycles. The monoisotopic (exact) mass is 337 g/mol. The molecule has 0 radical (unpaired) electrons. The number of para-hydroxylation sites is 1. The van der Waals surface area contributed by atoms with Crippen LogP contribution in [0.2, 0.25) is 0 Å². The molecule has 2 aromatic carbocycles. The lowest BCUT2D eigenvalue weighted by molar-refractivity contribution is -0.132. The van der Waals surface area contributed by atoms with Crippen LogP contribution in [0.3, 0.4) is 0 Å². The number of carboxylic acids is 1. The zero-order chi connectivity index (χ0) is 18.2. The van der Waals surface area contributed by atoms with Crippen LogP contribution in [0.25, 0.3) is 6.08 Å². The molecule has 128 valence electrons. The number of carboxylic acid groups (broad SMARTS) is 1. The number of nitriles is 1. The molecule has 2 aromatic rings. The zero-order valence-corrected chi connectivity index (χ0v) is 14.2. The molecule has 0 aromatic heterocycles. The first-order chi connectivity index (χ1) is 12.0. The van der Waals surface area contributed by atoms with E-state index < -0.39 is 5.97 Å². The van der Waals surface area contributed by atoms with Crippen molar-refractivity contribution in [1.29, 1.82) is 5.26 Å². The number of rotatable bonds is 7. The van der Waals surface area contributed by atoms with Crippen molar-refractivity contribution in [2.75, 3.05) is 13.2 Å². The highest BCUT2D eigenvalue weighted by Crippen LogP contribution is 2.22. The zero-order valence-electron chi connectivity index (χ0n) is 14.2. The molecule has 5 heteroatoms. The molecule has 0 saturated carbocycles. The van der Waals surface area contributed by atoms with Gasteiger partial charge in [0.05, 0.1) is 0 Å². The molecule has 1 N–H and O–H groups in total. The van der Waals surface area contributed by atoms with E-state index >= 15 is 0 Å². The summed E-state index contributed by atoms with van der Waals surface area (Å²) in [5, 5.41) is 17.6. The maximum Gasteiger partial charge on any atom is 0.346 e. The largest absolute Gasteiger partial charge is 0.490 e. The van der Waals surface area contributed by atoms with Gasteiger partial charge in [0, 0.05) is 0 Å². The van der Waals surface area contributed by atoms with Gasteiger partial charge < -0.3 is 14.6 Å². The van der Waals surface area contributed by atoms with E-state index in [2.05, 4.69) is 0 Å². The molecule has 0 aliphatic rings. The average Bonchev–Trinajstić information content (AvgIpc) is 2.59. The molecule has 0 aliphatic carbocycles. The third kappa shape index (κ3) is 5.11. The fourth-order valence-electron chi connectivity index (χ4n) is 2.30. The van der Waals surface area contributed by atoms with E-state index in [1.165, 1.54) is 6.08 Å². The van der Waals surface area contributed by atoms with Gasteiger partial charge in [-0.2, -0.15) is 5.26 Å². The molecule has 0 fully saturated rings. The van der Waals surface area contributed by atoms with Crippen LogP contribution >= 0.6 is 0 Å². The summed E-state index contributed by atoms with van der Waals surface area (Å²) in [6, 6.07) is 14.5. The number of aryl methyl sites for hydroxylation is 2. The normalized spacial score (nSPS) is 10.8. The van der Waals surface area contributed by atoms with Gasteiger partial charge in [-0.1, -0.05) is 30.3 Å². The van der Waals surface area contributed by atoms with Crippen molar-refractivity contribution in [2.24, 2.45) is 0 Å². The summed E-state index contributed by atoms with van der Waals surface area (Å²) in [4.78, 5) is 10.8. The van der Waals surface area contributed by atoms with Gasteiger partial charge in [-0.05, 0) is 48.7 Å². The standard InChI is InChI=1S/C20H19NO4/c1-14-4-3-5-15(2)19(14)25-11-10-24-18-8-6-16(7-9-18)12-17(13-21)20(22)23/h3-9,12H,10-11H2,1-2H3,(H,22,23). The van der Waals surface area contributed by atoms with E-state index in [0.717, 1.165) is 16.9 Å². The van der Waals surface area contributed by atoms with Gasteiger partial charge in [0.1, 0.15) is 36.4 Å². The van der Waals surface area contributed by atoms with Gasteiger partial charge in [0.2, 0.25) is 0 Å². The van der Waals surface area contributed by atoms with Crippen molar-refractivity contribution >= 4 is 12.0 Å². The number of aliphatic carboxylic acids is 1. The molecule has 0 heterocycles. The van der Waals surface area contributed by atoms with Crippen molar-refractivity contribution in [3.8, 4) is 17.6 Å². The summed E-state index contributed by atoms with van der Waals surface area (Å²) in [7, 11) is 0. The van der Waals surface area contributed by atoms with Gasteiger partial charge >= 0.3 is 5.97 Å². The van der Waals surface area contributed by atoms with Crippen LogP contribution in [0.5, 0.6) is 11.5 Å². The number of benzene rings is 2. The van der Waals surface area contributed by atoms with Gasteiger partial charge in [0.15, 0.2) is 0 Å². The van der Waals surface area contributed by atoms with E-state index in [9.17, 15) is 4.79 Å². The van der Waals surface area contributed by atoms with Crippen LogP contribution in [-0.2, 0) is 4.79 Å². The van der Waals surface area contributed by atoms with E-state index in [1.807, 2.05) is 32.0 Å². The Morgan fingerprint density at radius 2 is 1.68 bits per heavy atom. The second-order valence-corrected chi connectivity index (χ2v) is 5.46. The summed E-state index contributed by atoms with van der Waals surface area (Å²) < 4.78 is 11.4. The first-order valence-corrected chi connectivity index (χ1v) is 7.78. The first kappa shape index (κ1) is 18.1. The van der Waals surface area contributed by atoms with E-state index in [-0.39, 0.29) is 5.57 Å². The quantitative estimate of drug-likeness (QED) is 0.473. The van der Waals surface area contributed by atoms with Crippen LogP contribution < -0.4 is 9.47 Å². The molecule has 0 atom stereocenters. The van der Waals surface area contributed by atoms with Crippen LogP contribution in [0.4, 0.5) is 0 Å². The topological polar surface area (TPSA) is 79.5 Å². The van der Waals surface area contributed by atoms with E-state index in [0.29, 0.717) is 24.5 Å². The summed E-state index contributed by atoms with van der Waals surface area (Å²) in [6.45, 7) is 4.82. The van der Waals surface area contributed by atoms with Crippen molar-refractivity contribution in [3.05, 3.63) is 64.7 Å². The predicted molar refractivity (Wildman–Crippen MR) is 94.6 cm³/mol. The molecule has 0 amide bonds. The predicted octanol–water partition coefficient (Wildman–Crippen LogP) is 3.75. The molecule has 25 heavy (non-hydrogen) atoms. The highest BCUT2D eigenvalue weighted by atomic mass is 16.5. The molecule has 0 bridgehead atoms. The number of carbonyl (C=O) groups is 1. The van der Waals surface area contributed by atoms with Crippen LogP contribution in [0.15, 0.2) is 48.0 Å². The second-order valence-electron chi connectivity index (χ2n) is 5.46. The van der Waals surface area contributed by atoms with E-state index in [1.54, 1.807) is 30.3 Å². The Hall–Kier alpha value is -3.26. The lowest BCUT2D eigenvalue weighted by Crippen LogP contribution is -2.10. The Morgan fingerprint density at radius 3 is 2.24 bits per heavy atom. The molecule has 0 unspecified atom stereocenters. The smallest absolute Gasteiger partial charge is 0.346 e. The van der Waals surface area contributed by atoms with Crippen molar-refractivity contribution < 1.29 is 19.4 Å². The first-order valence-electron chi connectivity index (χ1n) is 7.78. The van der Waals surface area contributed by atoms with Crippen molar-refractivity contribution in [2.45, 2.75) is 13.8 Å². The molecule has 0 spiro atoms. The maximum absolute atomic E-state index is 10.8. The molecule has 2 rings (SSSR count). The molecular weight excluding hydrogens is 318 g/mol. The highest BCUT2D eigenvalue weighted by molar-refractivity contribution is 5.96. The summed E-state index contributed by atoms with van der Waals surface area (Å²) in [5.41, 5.74) is 2.49. The van der Waals surface area contributed by atoms with Crippen LogP contribution in [0, 0.1) is 25.2 Å². The van der Waals surface area contributed by atoms with Crippen molar-refractivity contribution in [3.63, 3.8) is 0 Å². The van der Waals surface area contributed by atoms with Gasteiger partial charge in [-0.3, -0.25) is 0 Å². The second kappa shape index (κ2) is 8.55. The SMILES string of the molecule is Cc1cccc(C)c1OCCOc1ccc(C=C(C#N)C(=O)O)cc1. The van der Waals surface area contributed by atoms with Gasteiger partial charge in [-0.15, -0.1) is 0 Å². The Kier molecular flexibility index (Phi) is 6.19. The summed E-state index contributed by atoms with van der Waals surface area (Å²) in [5.74, 6) is 0.284. The fraction of sp³-hybridized carbons (Fsp3) is 0.200. The lowest BCUT2D eigenvalue weighted by Gasteiger charge is -2.12. The number of hydrogen-bond acceptors (Lipinski definition) is 4. The van der Waals surface area contributed by atoms with Crippen LogP contribution in [0.1, 0.15) is 16.7 Å². The maximum atomic E-state index is 10.8. The minimum Gasteiger partial charge on any atom is -0.490 e. The number of nitrogens with zero attached hydrogens (tertiary/aromatic N) is 1. The highest BCUT2D eigenvalue weighted by Gasteiger charge is 2.06. The lowest BCUT2D eigenvalue weighted by atomic mass is 10.1. The summed E-state index contributed by atoms with van der Waals surface area (Å²) >= 11 is 0. The number of hydrogen-bond donors (Lipinski definition) is 1. The van der Waals surface area contributed by atoms with Gasteiger partial charge in [-0.25, -0.2) is 4.79 Å². The molecular formula is C20H19NO4. The van der Waals surface area contributed by atoms with Gasteiger partial charge in [0.25, 0.3) is 0 Å². The third-order valence-electron chi connectivity index (χ3n) is 3.55. The average molecular weight is 337 g/mol. The van der Waals surface area contributed by atoms with Crippen LogP contribution in [-0.4, -0.2) is 24.3 Å². The Labute approximate surface area is 146 Å². The van der Waals surface area contributed by atoms with Crippen molar-refractivity contribution in [1.82, 2.24) is 0 Å². The minimum atomic E-state index is -1.24. The Morgan fingerprint density at radius 1 is 1.08 bits per heavy atom. The minimum absolute atomic E-state index is 0.310. The molecule has 5 nitrogen and oxygen atoms in total. The third-order valence-corrected chi connectivity index (χ3v) is 3.55. The Balaban J connectivity index is 1.88. The fourth-order valence-corrected chi connectivity index (χ4v) is 2.30. The Bertz CT molecular complexity index is 796. The molecule has 0 aliphatic heterocycles. The van der Waals surface area contributed by atoms with E-state index in [4.69, 9.17) is 19.8 Å².